The fourth-order valence-electron chi connectivity index (χ4n) is 3.88. The maximum Gasteiger partial charge on any atom is 0.311 e. The zero-order chi connectivity index (χ0) is 21.3. The molecule has 30 heavy (non-hydrogen) atoms. The number of oxazole rings is 1. The Morgan fingerprint density at radius 3 is 2.73 bits per heavy atom. The van der Waals surface area contributed by atoms with Crippen molar-refractivity contribution in [2.24, 2.45) is 5.41 Å². The van der Waals surface area contributed by atoms with E-state index in [1.54, 1.807) is 29.3 Å². The van der Waals surface area contributed by atoms with E-state index >= 15 is 0 Å². The van der Waals surface area contributed by atoms with Gasteiger partial charge in [-0.15, -0.1) is 0 Å². The van der Waals surface area contributed by atoms with Crippen LogP contribution in [0.5, 0.6) is 0 Å². The number of benzene rings is 2. The molecule has 4 rings (SSSR count). The SMILES string of the molecule is COC(=O)C1(C)CCN(C(=O)c2ccc(-c3ncco3)cc2Cl)c2ccccc2C1. The van der Waals surface area contributed by atoms with Gasteiger partial charge in [-0.3, -0.25) is 9.59 Å². The Labute approximate surface area is 179 Å². The Balaban J connectivity index is 1.70. The summed E-state index contributed by atoms with van der Waals surface area (Å²) in [6.07, 6.45) is 4.01. The minimum Gasteiger partial charge on any atom is -0.469 e. The number of amides is 1. The molecule has 1 aliphatic heterocycles. The number of ether oxygens (including phenoxy) is 1. The molecular formula is C23H21ClN2O4. The number of aromatic nitrogens is 1. The topological polar surface area (TPSA) is 72.6 Å². The number of fused-ring (bicyclic) bond motifs is 1. The highest BCUT2D eigenvalue weighted by molar-refractivity contribution is 6.34. The minimum absolute atomic E-state index is 0.222. The second kappa shape index (κ2) is 7.95. The van der Waals surface area contributed by atoms with E-state index in [1.165, 1.54) is 13.4 Å². The van der Waals surface area contributed by atoms with E-state index in [4.69, 9.17) is 20.8 Å². The summed E-state index contributed by atoms with van der Waals surface area (Å²) in [5.74, 6) is -0.0645. The third-order valence-corrected chi connectivity index (χ3v) is 5.87. The first-order valence-corrected chi connectivity index (χ1v) is 9.98. The van der Waals surface area contributed by atoms with Crippen molar-refractivity contribution in [3.05, 3.63) is 71.1 Å². The zero-order valence-corrected chi connectivity index (χ0v) is 17.5. The molecule has 0 radical (unpaired) electrons. The summed E-state index contributed by atoms with van der Waals surface area (Å²) >= 11 is 6.47. The van der Waals surface area contributed by atoms with Crippen LogP contribution >= 0.6 is 11.6 Å². The van der Waals surface area contributed by atoms with Gasteiger partial charge < -0.3 is 14.1 Å². The van der Waals surface area contributed by atoms with Crippen molar-refractivity contribution in [3.8, 4) is 11.5 Å². The number of carbonyl (C=O) groups is 2. The monoisotopic (exact) mass is 424 g/mol. The fraction of sp³-hybridized carbons (Fsp3) is 0.261. The Bertz CT molecular complexity index is 1100. The molecule has 0 saturated carbocycles. The number of hydrogen-bond acceptors (Lipinski definition) is 5. The van der Waals surface area contributed by atoms with Crippen molar-refractivity contribution in [1.29, 1.82) is 0 Å². The lowest BCUT2D eigenvalue weighted by Gasteiger charge is -2.25. The van der Waals surface area contributed by atoms with Crippen LogP contribution in [-0.4, -0.2) is 30.5 Å². The molecular weight excluding hydrogens is 404 g/mol. The number of halogens is 1. The molecule has 1 unspecified atom stereocenters. The summed E-state index contributed by atoms with van der Waals surface area (Å²) in [4.78, 5) is 31.7. The molecule has 1 aromatic heterocycles. The number of para-hydroxylation sites is 1. The van der Waals surface area contributed by atoms with Gasteiger partial charge in [0.05, 0.1) is 29.3 Å². The maximum atomic E-state index is 13.5. The Morgan fingerprint density at radius 2 is 2.03 bits per heavy atom. The lowest BCUT2D eigenvalue weighted by molar-refractivity contribution is -0.152. The normalized spacial score (nSPS) is 18.4. The van der Waals surface area contributed by atoms with Crippen LogP contribution in [-0.2, 0) is 16.0 Å². The van der Waals surface area contributed by atoms with Gasteiger partial charge in [0.2, 0.25) is 5.89 Å². The largest absolute Gasteiger partial charge is 0.469 e. The molecule has 1 aliphatic rings. The molecule has 1 amide bonds. The van der Waals surface area contributed by atoms with Crippen LogP contribution in [0, 0.1) is 5.41 Å². The Kier molecular flexibility index (Phi) is 5.35. The third-order valence-electron chi connectivity index (χ3n) is 5.55. The summed E-state index contributed by atoms with van der Waals surface area (Å²) in [7, 11) is 1.39. The van der Waals surface area contributed by atoms with Gasteiger partial charge in [-0.1, -0.05) is 29.8 Å². The molecule has 0 saturated heterocycles. The standard InChI is InChI=1S/C23H21ClN2O4/c1-23(22(28)29-2)9-11-26(19-6-4-3-5-16(19)14-23)21(27)17-8-7-15(13-18(17)24)20-25-10-12-30-20/h3-8,10,12-13H,9,11,14H2,1-2H3. The van der Waals surface area contributed by atoms with Gasteiger partial charge in [0.25, 0.3) is 5.91 Å². The molecule has 2 heterocycles. The van der Waals surface area contributed by atoms with Crippen molar-refractivity contribution in [2.45, 2.75) is 19.8 Å². The highest BCUT2D eigenvalue weighted by Gasteiger charge is 2.39. The third kappa shape index (κ3) is 3.59. The molecule has 7 heteroatoms. The molecule has 0 bridgehead atoms. The molecule has 6 nitrogen and oxygen atoms in total. The first-order chi connectivity index (χ1) is 14.4. The number of esters is 1. The second-order valence-corrected chi connectivity index (χ2v) is 8.00. The molecule has 0 aliphatic carbocycles. The lowest BCUT2D eigenvalue weighted by Crippen LogP contribution is -2.36. The van der Waals surface area contributed by atoms with Gasteiger partial charge in [0.1, 0.15) is 6.26 Å². The number of rotatable bonds is 3. The van der Waals surface area contributed by atoms with Gasteiger partial charge >= 0.3 is 5.97 Å². The van der Waals surface area contributed by atoms with Crippen LogP contribution in [0.15, 0.2) is 59.3 Å². The fourth-order valence-corrected chi connectivity index (χ4v) is 4.14. The predicted octanol–water partition coefficient (Wildman–Crippen LogP) is 4.77. The average Bonchev–Trinajstić information content (AvgIpc) is 3.23. The zero-order valence-electron chi connectivity index (χ0n) is 16.7. The van der Waals surface area contributed by atoms with Gasteiger partial charge in [0, 0.05) is 17.8 Å². The predicted molar refractivity (Wildman–Crippen MR) is 114 cm³/mol. The highest BCUT2D eigenvalue weighted by atomic mass is 35.5. The number of nitrogens with zero attached hydrogens (tertiary/aromatic N) is 2. The summed E-state index contributed by atoms with van der Waals surface area (Å²) in [6, 6.07) is 12.7. The molecule has 0 spiro atoms. The lowest BCUT2D eigenvalue weighted by atomic mass is 9.81. The Hall–Kier alpha value is -3.12. The first-order valence-electron chi connectivity index (χ1n) is 9.60. The van der Waals surface area contributed by atoms with Crippen LogP contribution < -0.4 is 4.90 Å². The van der Waals surface area contributed by atoms with E-state index in [9.17, 15) is 9.59 Å². The maximum absolute atomic E-state index is 13.5. The van der Waals surface area contributed by atoms with Crippen LogP contribution in [0.3, 0.4) is 0 Å². The smallest absolute Gasteiger partial charge is 0.311 e. The molecule has 0 N–H and O–H groups in total. The van der Waals surface area contributed by atoms with E-state index in [0.717, 1.165) is 11.3 Å². The van der Waals surface area contributed by atoms with Crippen molar-refractivity contribution in [2.75, 3.05) is 18.6 Å². The van der Waals surface area contributed by atoms with Gasteiger partial charge in [0.15, 0.2) is 0 Å². The summed E-state index contributed by atoms with van der Waals surface area (Å²) in [5, 5.41) is 0.313. The van der Waals surface area contributed by atoms with Gasteiger partial charge in [-0.25, -0.2) is 4.98 Å². The first kappa shape index (κ1) is 20.2. The van der Waals surface area contributed by atoms with Crippen LogP contribution in [0.2, 0.25) is 5.02 Å². The van der Waals surface area contributed by atoms with Crippen molar-refractivity contribution >= 4 is 29.2 Å². The van der Waals surface area contributed by atoms with Crippen molar-refractivity contribution in [3.63, 3.8) is 0 Å². The summed E-state index contributed by atoms with van der Waals surface area (Å²) in [5.41, 5.74) is 2.06. The van der Waals surface area contributed by atoms with Crippen molar-refractivity contribution < 1.29 is 18.7 Å². The van der Waals surface area contributed by atoms with Crippen molar-refractivity contribution in [1.82, 2.24) is 4.98 Å². The molecule has 3 aromatic rings. The molecule has 1 atom stereocenters. The Morgan fingerprint density at radius 1 is 1.23 bits per heavy atom. The number of hydrogen-bond donors (Lipinski definition) is 0. The van der Waals surface area contributed by atoms with Crippen LogP contribution in [0.25, 0.3) is 11.5 Å². The van der Waals surface area contributed by atoms with E-state index < -0.39 is 5.41 Å². The van der Waals surface area contributed by atoms with Crippen LogP contribution in [0.4, 0.5) is 5.69 Å². The van der Waals surface area contributed by atoms with Gasteiger partial charge in [-0.2, -0.15) is 0 Å². The van der Waals surface area contributed by atoms with E-state index in [1.807, 2.05) is 31.2 Å². The van der Waals surface area contributed by atoms with E-state index in [-0.39, 0.29) is 11.9 Å². The number of methoxy groups -OCH3 is 1. The average molecular weight is 425 g/mol. The molecule has 154 valence electrons. The summed E-state index contributed by atoms with van der Waals surface area (Å²) < 4.78 is 10.3. The number of anilines is 1. The number of carbonyl (C=O) groups excluding carboxylic acids is 2. The quantitative estimate of drug-likeness (QED) is 0.566. The molecule has 0 fully saturated rings. The minimum atomic E-state index is -0.710. The van der Waals surface area contributed by atoms with Crippen LogP contribution in [0.1, 0.15) is 29.3 Å². The second-order valence-electron chi connectivity index (χ2n) is 7.60. The molecule has 2 aromatic carbocycles. The van der Waals surface area contributed by atoms with Gasteiger partial charge in [-0.05, 0) is 49.6 Å². The highest BCUT2D eigenvalue weighted by Crippen LogP contribution is 2.38. The summed E-state index contributed by atoms with van der Waals surface area (Å²) in [6.45, 7) is 2.25. The van der Waals surface area contributed by atoms with E-state index in [0.29, 0.717) is 41.4 Å². The van der Waals surface area contributed by atoms with E-state index in [2.05, 4.69) is 4.98 Å².